The molecule has 3 aromatic rings. The fraction of sp³-hybridized carbons (Fsp3) is 0.375. The number of nitrogens with one attached hydrogen (secondary N) is 1. The fourth-order valence-corrected chi connectivity index (χ4v) is 5.00. The lowest BCUT2D eigenvalue weighted by molar-refractivity contribution is 0.247. The number of halogens is 1. The van der Waals surface area contributed by atoms with E-state index in [0.717, 1.165) is 25.7 Å². The van der Waals surface area contributed by atoms with Gasteiger partial charge >= 0.3 is 0 Å². The molecule has 1 fully saturated rings. The topological polar surface area (TPSA) is 106 Å². The maximum atomic E-state index is 15.5. The highest BCUT2D eigenvalue weighted by molar-refractivity contribution is 6.00. The first-order valence-electron chi connectivity index (χ1n) is 10.9. The van der Waals surface area contributed by atoms with Crippen LogP contribution in [0, 0.1) is 17.1 Å². The van der Waals surface area contributed by atoms with E-state index in [4.69, 9.17) is 10.5 Å². The van der Waals surface area contributed by atoms with Gasteiger partial charge in [0.05, 0.1) is 22.6 Å². The normalized spacial score (nSPS) is 22.2. The Balaban J connectivity index is 1.59. The van der Waals surface area contributed by atoms with Gasteiger partial charge in [0, 0.05) is 24.6 Å². The van der Waals surface area contributed by atoms with Crippen LogP contribution in [0.3, 0.4) is 0 Å². The lowest BCUT2D eigenvalue weighted by atomic mass is 9.82. The van der Waals surface area contributed by atoms with Crippen LogP contribution < -0.4 is 21.2 Å². The SMILES string of the molecule is C[C@H]1COc2c(N[C@H]3CCC[C@@H](c4cccnc4)C3)c(F)c(N)c3c(=O)c(C#N)cn1c23. The van der Waals surface area contributed by atoms with Gasteiger partial charge in [-0.25, -0.2) is 4.39 Å². The molecule has 164 valence electrons. The van der Waals surface area contributed by atoms with Crippen molar-refractivity contribution in [3.63, 3.8) is 0 Å². The lowest BCUT2D eigenvalue weighted by Crippen LogP contribution is -2.30. The molecule has 2 aromatic heterocycles. The zero-order valence-corrected chi connectivity index (χ0v) is 17.8. The van der Waals surface area contributed by atoms with Crippen molar-refractivity contribution in [2.45, 2.75) is 50.6 Å². The molecule has 3 atom stereocenters. The van der Waals surface area contributed by atoms with Crippen molar-refractivity contribution in [1.29, 1.82) is 5.26 Å². The highest BCUT2D eigenvalue weighted by atomic mass is 19.1. The summed E-state index contributed by atoms with van der Waals surface area (Å²) >= 11 is 0. The molecule has 3 heterocycles. The van der Waals surface area contributed by atoms with Gasteiger partial charge in [0.2, 0.25) is 5.43 Å². The van der Waals surface area contributed by atoms with E-state index in [-0.39, 0.29) is 40.2 Å². The zero-order valence-electron chi connectivity index (χ0n) is 17.8. The first-order chi connectivity index (χ1) is 15.5. The predicted octanol–water partition coefficient (Wildman–Crippen LogP) is 4.08. The number of rotatable bonds is 3. The van der Waals surface area contributed by atoms with Crippen LogP contribution in [0.15, 0.2) is 35.5 Å². The molecule has 0 amide bonds. The molecule has 3 N–H and O–H groups in total. The number of benzene rings is 1. The average molecular weight is 433 g/mol. The van der Waals surface area contributed by atoms with E-state index >= 15 is 4.39 Å². The standard InChI is InChI=1S/C24H24FN5O2/c1-13-12-32-24-21(29-17-6-2-4-14(8-17)15-5-3-7-28-10-15)19(25)20(27)18-22(24)30(13)11-16(9-26)23(18)31/h3,5,7,10-11,13-14,17,29H,2,4,6,8,12,27H2,1H3/t13-,14+,17-/m0/s1. The van der Waals surface area contributed by atoms with Crippen LogP contribution in [-0.2, 0) is 0 Å². The monoisotopic (exact) mass is 433 g/mol. The predicted molar refractivity (Wildman–Crippen MR) is 120 cm³/mol. The van der Waals surface area contributed by atoms with Gasteiger partial charge < -0.3 is 20.4 Å². The second-order valence-electron chi connectivity index (χ2n) is 8.70. The van der Waals surface area contributed by atoms with E-state index in [1.165, 1.54) is 11.8 Å². The van der Waals surface area contributed by atoms with Gasteiger partial charge in [-0.15, -0.1) is 0 Å². The van der Waals surface area contributed by atoms with Crippen LogP contribution in [0.1, 0.15) is 55.7 Å². The number of pyridine rings is 2. The van der Waals surface area contributed by atoms with Gasteiger partial charge in [0.25, 0.3) is 0 Å². The molecule has 1 saturated carbocycles. The number of aromatic nitrogens is 2. The Kier molecular flexibility index (Phi) is 4.97. The van der Waals surface area contributed by atoms with E-state index in [1.807, 2.05) is 25.3 Å². The largest absolute Gasteiger partial charge is 0.487 e. The zero-order chi connectivity index (χ0) is 22.4. The first kappa shape index (κ1) is 20.3. The maximum Gasteiger partial charge on any atom is 0.209 e. The summed E-state index contributed by atoms with van der Waals surface area (Å²) < 4.78 is 23.3. The summed E-state index contributed by atoms with van der Waals surface area (Å²) in [6, 6.07) is 5.81. The molecular weight excluding hydrogens is 409 g/mol. The van der Waals surface area contributed by atoms with Crippen molar-refractivity contribution in [2.75, 3.05) is 17.7 Å². The van der Waals surface area contributed by atoms with E-state index in [0.29, 0.717) is 18.0 Å². The van der Waals surface area contributed by atoms with Crippen molar-refractivity contribution >= 4 is 22.3 Å². The summed E-state index contributed by atoms with van der Waals surface area (Å²) in [6.07, 6.45) is 8.96. The van der Waals surface area contributed by atoms with Gasteiger partial charge in [-0.1, -0.05) is 12.5 Å². The minimum atomic E-state index is -0.704. The van der Waals surface area contributed by atoms with Crippen LogP contribution in [0.2, 0.25) is 0 Å². The van der Waals surface area contributed by atoms with E-state index in [1.54, 1.807) is 10.8 Å². The molecule has 2 aliphatic rings. The molecule has 0 bridgehead atoms. The van der Waals surface area contributed by atoms with Crippen LogP contribution in [0.25, 0.3) is 10.9 Å². The molecule has 1 aromatic carbocycles. The van der Waals surface area contributed by atoms with Gasteiger partial charge in [-0.05, 0) is 43.7 Å². The maximum absolute atomic E-state index is 15.5. The van der Waals surface area contributed by atoms with Crippen molar-refractivity contribution < 1.29 is 9.13 Å². The van der Waals surface area contributed by atoms with Crippen LogP contribution in [0.5, 0.6) is 5.75 Å². The summed E-state index contributed by atoms with van der Waals surface area (Å²) in [5, 5.41) is 12.7. The third-order valence-electron chi connectivity index (χ3n) is 6.64. The van der Waals surface area contributed by atoms with Crippen LogP contribution >= 0.6 is 0 Å². The van der Waals surface area contributed by atoms with Crippen LogP contribution in [0.4, 0.5) is 15.8 Å². The molecular formula is C24H24FN5O2. The quantitative estimate of drug-likeness (QED) is 0.603. The molecule has 1 aliphatic carbocycles. The second-order valence-corrected chi connectivity index (χ2v) is 8.70. The van der Waals surface area contributed by atoms with E-state index in [9.17, 15) is 10.1 Å². The minimum absolute atomic E-state index is 0.00512. The molecule has 0 spiro atoms. The smallest absolute Gasteiger partial charge is 0.209 e. The molecule has 32 heavy (non-hydrogen) atoms. The number of ether oxygens (including phenoxy) is 1. The summed E-state index contributed by atoms with van der Waals surface area (Å²) in [4.78, 5) is 17.1. The number of nitrogens with two attached hydrogens (primary N) is 1. The third-order valence-corrected chi connectivity index (χ3v) is 6.64. The Morgan fingerprint density at radius 1 is 1.41 bits per heavy atom. The molecule has 8 heteroatoms. The number of nitrogens with zero attached hydrogens (tertiary/aromatic N) is 3. The molecule has 0 unspecified atom stereocenters. The van der Waals surface area contributed by atoms with Gasteiger partial charge in [0.1, 0.15) is 23.9 Å². The Hall–Kier alpha value is -3.60. The highest BCUT2D eigenvalue weighted by Gasteiger charge is 2.31. The Morgan fingerprint density at radius 3 is 3.00 bits per heavy atom. The fourth-order valence-electron chi connectivity index (χ4n) is 5.00. The Labute approximate surface area is 184 Å². The number of nitrogen functional groups attached to an aromatic ring is 1. The van der Waals surface area contributed by atoms with Crippen molar-refractivity contribution in [2.24, 2.45) is 0 Å². The van der Waals surface area contributed by atoms with Crippen molar-refractivity contribution in [1.82, 2.24) is 9.55 Å². The molecule has 5 rings (SSSR count). The summed E-state index contributed by atoms with van der Waals surface area (Å²) in [7, 11) is 0. The highest BCUT2D eigenvalue weighted by Crippen LogP contribution is 2.44. The number of hydrogen-bond donors (Lipinski definition) is 2. The number of nitriles is 1. The lowest BCUT2D eigenvalue weighted by Gasteiger charge is -2.33. The molecule has 0 saturated heterocycles. The van der Waals surface area contributed by atoms with Gasteiger partial charge in [-0.2, -0.15) is 5.26 Å². The van der Waals surface area contributed by atoms with E-state index in [2.05, 4.69) is 16.4 Å². The van der Waals surface area contributed by atoms with Gasteiger partial charge in [0.15, 0.2) is 11.6 Å². The molecule has 1 aliphatic heterocycles. The first-order valence-corrected chi connectivity index (χ1v) is 10.9. The Morgan fingerprint density at radius 2 is 2.25 bits per heavy atom. The van der Waals surface area contributed by atoms with Crippen molar-refractivity contribution in [3.05, 3.63) is 57.9 Å². The van der Waals surface area contributed by atoms with Crippen molar-refractivity contribution in [3.8, 4) is 11.8 Å². The molecule has 0 radical (unpaired) electrons. The van der Waals surface area contributed by atoms with E-state index < -0.39 is 11.2 Å². The summed E-state index contributed by atoms with van der Waals surface area (Å²) in [6.45, 7) is 2.22. The number of hydrogen-bond acceptors (Lipinski definition) is 6. The Bertz CT molecular complexity index is 1300. The number of anilines is 2. The summed E-state index contributed by atoms with van der Waals surface area (Å²) in [5.74, 6) is -0.0799. The molecule has 7 nitrogen and oxygen atoms in total. The third kappa shape index (κ3) is 3.16. The minimum Gasteiger partial charge on any atom is -0.487 e. The second kappa shape index (κ2) is 7.83. The average Bonchev–Trinajstić information content (AvgIpc) is 2.82. The summed E-state index contributed by atoms with van der Waals surface area (Å²) in [5.41, 5.74) is 7.06. The van der Waals surface area contributed by atoms with Gasteiger partial charge in [-0.3, -0.25) is 9.78 Å². The van der Waals surface area contributed by atoms with Crippen LogP contribution in [-0.4, -0.2) is 22.2 Å².